The van der Waals surface area contributed by atoms with Crippen molar-refractivity contribution in [2.45, 2.75) is 19.4 Å². The average Bonchev–Trinajstić information content (AvgIpc) is 3.18. The number of ketones is 1. The van der Waals surface area contributed by atoms with Crippen LogP contribution in [0.1, 0.15) is 29.0 Å². The number of carbonyl (C=O) groups is 1. The van der Waals surface area contributed by atoms with Gasteiger partial charge < -0.3 is 4.52 Å². The smallest absolute Gasteiger partial charge is 0.166 e. The van der Waals surface area contributed by atoms with Gasteiger partial charge in [-0.1, -0.05) is 65.8 Å². The van der Waals surface area contributed by atoms with Crippen LogP contribution in [0, 0.1) is 5.92 Å². The Morgan fingerprint density at radius 2 is 1.65 bits per heavy atom. The van der Waals surface area contributed by atoms with Gasteiger partial charge in [0.25, 0.3) is 0 Å². The molecular formula is C22H22N2O2. The zero-order chi connectivity index (χ0) is 17.8. The molecule has 0 radical (unpaired) electrons. The van der Waals surface area contributed by atoms with Crippen LogP contribution in [0.15, 0.2) is 71.3 Å². The molecule has 0 saturated carbocycles. The van der Waals surface area contributed by atoms with Crippen LogP contribution < -0.4 is 0 Å². The van der Waals surface area contributed by atoms with Crippen molar-refractivity contribution in [3.05, 3.63) is 78.1 Å². The van der Waals surface area contributed by atoms with Gasteiger partial charge in [-0.15, -0.1) is 0 Å². The molecule has 1 fully saturated rings. The molecule has 0 unspecified atom stereocenters. The zero-order valence-electron chi connectivity index (χ0n) is 14.7. The highest BCUT2D eigenvalue weighted by atomic mass is 16.5. The van der Waals surface area contributed by atoms with Crippen molar-refractivity contribution in [2.75, 3.05) is 13.1 Å². The average molecular weight is 346 g/mol. The Bertz CT molecular complexity index is 850. The van der Waals surface area contributed by atoms with Gasteiger partial charge in [-0.3, -0.25) is 9.69 Å². The van der Waals surface area contributed by atoms with E-state index < -0.39 is 0 Å². The van der Waals surface area contributed by atoms with Crippen LogP contribution in [0.25, 0.3) is 11.3 Å². The van der Waals surface area contributed by atoms with E-state index in [4.69, 9.17) is 4.52 Å². The number of hydrogen-bond donors (Lipinski definition) is 0. The maximum atomic E-state index is 12.6. The molecule has 1 aromatic heterocycles. The summed E-state index contributed by atoms with van der Waals surface area (Å²) in [6.45, 7) is 2.56. The van der Waals surface area contributed by atoms with Crippen molar-refractivity contribution in [3.63, 3.8) is 0 Å². The topological polar surface area (TPSA) is 46.3 Å². The highest BCUT2D eigenvalue weighted by molar-refractivity contribution is 5.97. The lowest BCUT2D eigenvalue weighted by atomic mass is 9.89. The van der Waals surface area contributed by atoms with E-state index in [1.165, 1.54) is 0 Å². The second kappa shape index (κ2) is 7.67. The van der Waals surface area contributed by atoms with Gasteiger partial charge in [0.15, 0.2) is 11.5 Å². The van der Waals surface area contributed by atoms with Crippen molar-refractivity contribution in [1.82, 2.24) is 10.1 Å². The van der Waals surface area contributed by atoms with E-state index in [1.54, 1.807) is 0 Å². The Kier molecular flexibility index (Phi) is 4.93. The Hall–Kier alpha value is -2.72. The summed E-state index contributed by atoms with van der Waals surface area (Å²) in [5.74, 6) is 1.27. The molecule has 0 bridgehead atoms. The van der Waals surface area contributed by atoms with Crippen LogP contribution in [0.5, 0.6) is 0 Å². The van der Waals surface area contributed by atoms with Gasteiger partial charge in [0, 0.05) is 23.1 Å². The molecule has 4 rings (SSSR count). The van der Waals surface area contributed by atoms with Crippen molar-refractivity contribution in [2.24, 2.45) is 5.92 Å². The maximum Gasteiger partial charge on any atom is 0.166 e. The fourth-order valence-electron chi connectivity index (χ4n) is 3.54. The molecule has 2 aromatic carbocycles. The van der Waals surface area contributed by atoms with E-state index in [-0.39, 0.29) is 11.7 Å². The molecule has 0 aliphatic carbocycles. The number of rotatable bonds is 5. The van der Waals surface area contributed by atoms with Gasteiger partial charge in [-0.05, 0) is 25.9 Å². The first-order valence-electron chi connectivity index (χ1n) is 9.12. The van der Waals surface area contributed by atoms with Crippen LogP contribution >= 0.6 is 0 Å². The second-order valence-corrected chi connectivity index (χ2v) is 6.83. The third-order valence-corrected chi connectivity index (χ3v) is 5.02. The summed E-state index contributed by atoms with van der Waals surface area (Å²) < 4.78 is 5.51. The molecule has 26 heavy (non-hydrogen) atoms. The monoisotopic (exact) mass is 346 g/mol. The maximum absolute atomic E-state index is 12.6. The normalized spacial score (nSPS) is 15.8. The number of benzene rings is 2. The van der Waals surface area contributed by atoms with Crippen LogP contribution in [0.4, 0.5) is 0 Å². The molecule has 3 aromatic rings. The summed E-state index contributed by atoms with van der Waals surface area (Å²) in [7, 11) is 0. The molecule has 2 heterocycles. The first-order chi connectivity index (χ1) is 12.8. The summed E-state index contributed by atoms with van der Waals surface area (Å²) >= 11 is 0. The first kappa shape index (κ1) is 16.7. The molecule has 0 spiro atoms. The molecule has 0 amide bonds. The lowest BCUT2D eigenvalue weighted by Crippen LogP contribution is -2.35. The lowest BCUT2D eigenvalue weighted by molar-refractivity contribution is 0.0827. The van der Waals surface area contributed by atoms with Crippen molar-refractivity contribution in [1.29, 1.82) is 0 Å². The van der Waals surface area contributed by atoms with E-state index in [0.717, 1.165) is 55.1 Å². The minimum Gasteiger partial charge on any atom is -0.359 e. The summed E-state index contributed by atoms with van der Waals surface area (Å²) in [4.78, 5) is 14.9. The van der Waals surface area contributed by atoms with Crippen LogP contribution in [0.2, 0.25) is 0 Å². The van der Waals surface area contributed by atoms with Gasteiger partial charge in [-0.25, -0.2) is 0 Å². The van der Waals surface area contributed by atoms with Gasteiger partial charge in [-0.2, -0.15) is 0 Å². The molecule has 4 nitrogen and oxygen atoms in total. The van der Waals surface area contributed by atoms with Crippen molar-refractivity contribution in [3.8, 4) is 11.3 Å². The predicted octanol–water partition coefficient (Wildman–Crippen LogP) is 4.44. The quantitative estimate of drug-likeness (QED) is 0.641. The summed E-state index contributed by atoms with van der Waals surface area (Å²) in [6, 6.07) is 21.7. The molecule has 0 N–H and O–H groups in total. The molecule has 4 heteroatoms. The van der Waals surface area contributed by atoms with E-state index in [2.05, 4.69) is 10.1 Å². The predicted molar refractivity (Wildman–Crippen MR) is 101 cm³/mol. The summed E-state index contributed by atoms with van der Waals surface area (Å²) in [5, 5.41) is 4.18. The van der Waals surface area contributed by atoms with Crippen LogP contribution in [0.3, 0.4) is 0 Å². The number of likely N-dealkylation sites (tertiary alicyclic amines) is 1. The minimum absolute atomic E-state index is 0.128. The fourth-order valence-corrected chi connectivity index (χ4v) is 3.54. The Labute approximate surface area is 153 Å². The summed E-state index contributed by atoms with van der Waals surface area (Å²) in [5.41, 5.74) is 2.76. The number of nitrogens with zero attached hydrogens (tertiary/aromatic N) is 2. The minimum atomic E-state index is 0.128. The van der Waals surface area contributed by atoms with Gasteiger partial charge in [0.05, 0.1) is 6.54 Å². The Morgan fingerprint density at radius 3 is 2.35 bits per heavy atom. The van der Waals surface area contributed by atoms with E-state index >= 15 is 0 Å². The SMILES string of the molecule is O=C(c1ccccc1)C1CCN(Cc2cc(-c3ccccc3)no2)CC1. The molecule has 132 valence electrons. The number of piperidine rings is 1. The lowest BCUT2D eigenvalue weighted by Gasteiger charge is -2.30. The Balaban J connectivity index is 1.33. The third kappa shape index (κ3) is 3.75. The highest BCUT2D eigenvalue weighted by Crippen LogP contribution is 2.24. The third-order valence-electron chi connectivity index (χ3n) is 5.02. The Morgan fingerprint density at radius 1 is 1.00 bits per heavy atom. The van der Waals surface area contributed by atoms with Gasteiger partial charge in [0.2, 0.25) is 0 Å². The van der Waals surface area contributed by atoms with Crippen molar-refractivity contribution < 1.29 is 9.32 Å². The number of Topliss-reactive ketones (excluding diaryl/α,β-unsaturated/α-hetero) is 1. The van der Waals surface area contributed by atoms with E-state index in [9.17, 15) is 4.79 Å². The second-order valence-electron chi connectivity index (χ2n) is 6.83. The van der Waals surface area contributed by atoms with Crippen LogP contribution in [-0.2, 0) is 6.54 Å². The molecule has 1 aliphatic heterocycles. The number of aromatic nitrogens is 1. The zero-order valence-corrected chi connectivity index (χ0v) is 14.7. The van der Waals surface area contributed by atoms with Gasteiger partial charge >= 0.3 is 0 Å². The largest absolute Gasteiger partial charge is 0.359 e. The molecule has 1 aliphatic rings. The number of carbonyl (C=O) groups excluding carboxylic acids is 1. The van der Waals surface area contributed by atoms with Crippen LogP contribution in [-0.4, -0.2) is 28.9 Å². The highest BCUT2D eigenvalue weighted by Gasteiger charge is 2.26. The van der Waals surface area contributed by atoms with E-state index in [0.29, 0.717) is 0 Å². The molecule has 1 saturated heterocycles. The van der Waals surface area contributed by atoms with Gasteiger partial charge in [0.1, 0.15) is 5.69 Å². The first-order valence-corrected chi connectivity index (χ1v) is 9.12. The summed E-state index contributed by atoms with van der Waals surface area (Å²) in [6.07, 6.45) is 1.79. The molecule has 0 atom stereocenters. The standard InChI is InChI=1S/C22H22N2O2/c25-22(18-9-5-2-6-10-18)19-11-13-24(14-12-19)16-20-15-21(23-26-20)17-7-3-1-4-8-17/h1-10,15,19H,11-14,16H2. The fraction of sp³-hybridized carbons (Fsp3) is 0.273. The van der Waals surface area contributed by atoms with Crippen molar-refractivity contribution >= 4 is 5.78 Å². The number of hydrogen-bond acceptors (Lipinski definition) is 4. The van der Waals surface area contributed by atoms with E-state index in [1.807, 2.05) is 66.7 Å². The molecular weight excluding hydrogens is 324 g/mol.